The van der Waals surface area contributed by atoms with Crippen LogP contribution >= 0.6 is 11.3 Å². The van der Waals surface area contributed by atoms with Crippen molar-refractivity contribution < 1.29 is 14.6 Å². The Kier molecular flexibility index (Phi) is 4.52. The summed E-state index contributed by atoms with van der Waals surface area (Å²) in [5.74, 6) is -0.923. The van der Waals surface area contributed by atoms with Crippen molar-refractivity contribution in [1.29, 1.82) is 0 Å². The number of carbonyl (C=O) groups is 1. The second-order valence-electron chi connectivity index (χ2n) is 5.38. The van der Waals surface area contributed by atoms with Crippen molar-refractivity contribution in [2.75, 3.05) is 6.61 Å². The van der Waals surface area contributed by atoms with Gasteiger partial charge in [0.25, 0.3) is 0 Å². The summed E-state index contributed by atoms with van der Waals surface area (Å²) in [6, 6.07) is 6.49. The first-order valence-corrected chi connectivity index (χ1v) is 8.06. The summed E-state index contributed by atoms with van der Waals surface area (Å²) in [5.41, 5.74) is 3.86. The molecule has 0 aliphatic carbocycles. The van der Waals surface area contributed by atoms with Crippen molar-refractivity contribution in [3.63, 3.8) is 0 Å². The van der Waals surface area contributed by atoms with Crippen LogP contribution in [0.5, 0.6) is 0 Å². The number of hydrogen-bond acceptors (Lipinski definition) is 5. The van der Waals surface area contributed by atoms with E-state index in [0.29, 0.717) is 6.61 Å². The van der Waals surface area contributed by atoms with E-state index in [4.69, 9.17) is 9.84 Å². The van der Waals surface area contributed by atoms with Gasteiger partial charge in [-0.15, -0.1) is 11.3 Å². The minimum absolute atomic E-state index is 0.0254. The van der Waals surface area contributed by atoms with Gasteiger partial charge < -0.3 is 15.2 Å². The molecule has 5 nitrogen and oxygen atoms in total. The second kappa shape index (κ2) is 6.56. The number of thiazole rings is 1. The largest absolute Gasteiger partial charge is 0.477 e. The number of carboxylic acids is 1. The lowest BCUT2D eigenvalue weighted by molar-refractivity contribution is 0.0702. The Morgan fingerprint density at radius 1 is 1.50 bits per heavy atom. The molecule has 0 saturated heterocycles. The fourth-order valence-electron chi connectivity index (χ4n) is 2.47. The highest BCUT2D eigenvalue weighted by Crippen LogP contribution is 2.21. The number of hydrogen-bond donors (Lipinski definition) is 2. The fourth-order valence-corrected chi connectivity index (χ4v) is 3.26. The normalized spacial score (nSPS) is 15.3. The van der Waals surface area contributed by atoms with Gasteiger partial charge in [0, 0.05) is 6.54 Å². The molecule has 1 unspecified atom stereocenters. The van der Waals surface area contributed by atoms with Crippen LogP contribution in [0, 0.1) is 0 Å². The Labute approximate surface area is 133 Å². The van der Waals surface area contributed by atoms with Gasteiger partial charge in [-0.3, -0.25) is 0 Å². The van der Waals surface area contributed by atoms with Crippen molar-refractivity contribution in [1.82, 2.24) is 10.3 Å². The van der Waals surface area contributed by atoms with Crippen LogP contribution in [0.25, 0.3) is 0 Å². The van der Waals surface area contributed by atoms with Gasteiger partial charge in [0.2, 0.25) is 0 Å². The molecule has 0 radical (unpaired) electrons. The first-order valence-electron chi connectivity index (χ1n) is 7.24. The van der Waals surface area contributed by atoms with Gasteiger partial charge in [-0.1, -0.05) is 18.2 Å². The molecule has 0 fully saturated rings. The predicted molar refractivity (Wildman–Crippen MR) is 84.1 cm³/mol. The molecule has 22 heavy (non-hydrogen) atoms. The van der Waals surface area contributed by atoms with E-state index in [2.05, 4.69) is 28.5 Å². The molecule has 2 aromatic rings. The lowest BCUT2D eigenvalue weighted by atomic mass is 10.0. The Bertz CT molecular complexity index is 684. The number of aromatic nitrogens is 1. The molecule has 116 valence electrons. The minimum atomic E-state index is -0.923. The second-order valence-corrected chi connectivity index (χ2v) is 6.44. The zero-order valence-corrected chi connectivity index (χ0v) is 13.2. The molecule has 0 spiro atoms. The van der Waals surface area contributed by atoms with Gasteiger partial charge in [-0.25, -0.2) is 9.78 Å². The third-order valence-electron chi connectivity index (χ3n) is 3.76. The van der Waals surface area contributed by atoms with Gasteiger partial charge >= 0.3 is 5.97 Å². The maximum Gasteiger partial charge on any atom is 0.347 e. The third-order valence-corrected chi connectivity index (χ3v) is 4.93. The van der Waals surface area contributed by atoms with Crippen molar-refractivity contribution in [3.8, 4) is 0 Å². The Morgan fingerprint density at radius 2 is 2.36 bits per heavy atom. The number of aromatic carboxylic acids is 1. The topological polar surface area (TPSA) is 71.5 Å². The van der Waals surface area contributed by atoms with Crippen LogP contribution in [0.2, 0.25) is 0 Å². The van der Waals surface area contributed by atoms with Gasteiger partial charge in [0.05, 0.1) is 25.5 Å². The number of fused-ring (bicyclic) bond motifs is 1. The van der Waals surface area contributed by atoms with Crippen molar-refractivity contribution in [3.05, 3.63) is 51.0 Å². The molecule has 2 N–H and O–H groups in total. The Hall–Kier alpha value is -1.76. The first-order chi connectivity index (χ1) is 10.6. The van der Waals surface area contributed by atoms with E-state index < -0.39 is 5.97 Å². The zero-order valence-electron chi connectivity index (χ0n) is 12.3. The molecule has 0 amide bonds. The lowest BCUT2D eigenvalue weighted by Crippen LogP contribution is -2.18. The van der Waals surface area contributed by atoms with Crippen molar-refractivity contribution in [2.45, 2.75) is 32.5 Å². The molecule has 1 atom stereocenters. The summed E-state index contributed by atoms with van der Waals surface area (Å²) in [7, 11) is 0. The average Bonchev–Trinajstić information content (AvgIpc) is 3.03. The molecule has 1 aliphatic heterocycles. The summed E-state index contributed by atoms with van der Waals surface area (Å²) in [6.45, 7) is 4.22. The fraction of sp³-hybridized carbons (Fsp3) is 0.375. The summed E-state index contributed by atoms with van der Waals surface area (Å²) in [5, 5.41) is 13.1. The quantitative estimate of drug-likeness (QED) is 0.887. The van der Waals surface area contributed by atoms with Crippen LogP contribution in [0.15, 0.2) is 24.4 Å². The maximum atomic E-state index is 10.9. The van der Waals surface area contributed by atoms with Gasteiger partial charge in [0.15, 0.2) is 0 Å². The minimum Gasteiger partial charge on any atom is -0.477 e. The molecule has 0 bridgehead atoms. The Balaban J connectivity index is 1.62. The van der Waals surface area contributed by atoms with E-state index in [0.717, 1.165) is 24.6 Å². The predicted octanol–water partition coefficient (Wildman–Crippen LogP) is 2.76. The monoisotopic (exact) mass is 318 g/mol. The SMILES string of the molecule is CC(NCc1ccc2c(c1)CCOC2)c1ncc(C(=O)O)s1. The summed E-state index contributed by atoms with van der Waals surface area (Å²) in [4.78, 5) is 15.3. The summed E-state index contributed by atoms with van der Waals surface area (Å²) >= 11 is 1.22. The van der Waals surface area contributed by atoms with E-state index in [-0.39, 0.29) is 10.9 Å². The smallest absolute Gasteiger partial charge is 0.347 e. The summed E-state index contributed by atoms with van der Waals surface area (Å²) in [6.07, 6.45) is 2.38. The molecular formula is C16H18N2O3S. The van der Waals surface area contributed by atoms with Crippen molar-refractivity contribution >= 4 is 17.3 Å². The molecule has 3 rings (SSSR count). The molecule has 2 heterocycles. The maximum absolute atomic E-state index is 10.9. The number of benzene rings is 1. The molecule has 0 saturated carbocycles. The lowest BCUT2D eigenvalue weighted by Gasteiger charge is -2.18. The third kappa shape index (κ3) is 3.35. The number of ether oxygens (including phenoxy) is 1. The zero-order chi connectivity index (χ0) is 15.5. The van der Waals surface area contributed by atoms with Gasteiger partial charge in [-0.05, 0) is 30.0 Å². The van der Waals surface area contributed by atoms with Crippen LogP contribution in [0.4, 0.5) is 0 Å². The standard InChI is InChI=1S/C16H18N2O3S/c1-10(15-18-8-14(22-15)16(19)20)17-7-11-2-3-13-9-21-5-4-12(13)6-11/h2-3,6,8,10,17H,4-5,7,9H2,1H3,(H,19,20). The molecule has 1 aliphatic rings. The van der Waals surface area contributed by atoms with Crippen LogP contribution in [-0.4, -0.2) is 22.7 Å². The first kappa shape index (κ1) is 15.1. The van der Waals surface area contributed by atoms with E-state index in [1.54, 1.807) is 0 Å². The van der Waals surface area contributed by atoms with E-state index in [1.807, 2.05) is 6.92 Å². The molecule has 6 heteroatoms. The van der Waals surface area contributed by atoms with E-state index in [9.17, 15) is 4.79 Å². The van der Waals surface area contributed by atoms with Crippen LogP contribution in [0.1, 0.15) is 44.3 Å². The summed E-state index contributed by atoms with van der Waals surface area (Å²) < 4.78 is 5.44. The van der Waals surface area contributed by atoms with E-state index >= 15 is 0 Å². The van der Waals surface area contributed by atoms with Crippen molar-refractivity contribution in [2.24, 2.45) is 0 Å². The van der Waals surface area contributed by atoms with Gasteiger partial charge in [0.1, 0.15) is 9.88 Å². The highest BCUT2D eigenvalue weighted by atomic mass is 32.1. The molecule has 1 aromatic heterocycles. The van der Waals surface area contributed by atoms with Crippen LogP contribution in [-0.2, 0) is 24.3 Å². The van der Waals surface area contributed by atoms with Crippen LogP contribution < -0.4 is 5.32 Å². The van der Waals surface area contributed by atoms with E-state index in [1.165, 1.54) is 34.2 Å². The number of carboxylic acid groups (broad SMARTS) is 1. The molecule has 1 aromatic carbocycles. The highest BCUT2D eigenvalue weighted by molar-refractivity contribution is 7.13. The number of nitrogens with zero attached hydrogens (tertiary/aromatic N) is 1. The average molecular weight is 318 g/mol. The van der Waals surface area contributed by atoms with Gasteiger partial charge in [-0.2, -0.15) is 0 Å². The number of rotatable bonds is 5. The number of nitrogens with one attached hydrogen (secondary N) is 1. The molecular weight excluding hydrogens is 300 g/mol. The highest BCUT2D eigenvalue weighted by Gasteiger charge is 2.14. The Morgan fingerprint density at radius 3 is 3.14 bits per heavy atom. The van der Waals surface area contributed by atoms with Crippen LogP contribution in [0.3, 0.4) is 0 Å².